The summed E-state index contributed by atoms with van der Waals surface area (Å²) in [6, 6.07) is -0.361. The average molecular weight is 293 g/mol. The van der Waals surface area contributed by atoms with E-state index in [9.17, 15) is 18.0 Å². The van der Waals surface area contributed by atoms with Gasteiger partial charge in [0.25, 0.3) is 0 Å². The molecule has 19 heavy (non-hydrogen) atoms. The molecule has 1 unspecified atom stereocenters. The fourth-order valence-electron chi connectivity index (χ4n) is 1.70. The van der Waals surface area contributed by atoms with Crippen molar-refractivity contribution in [1.82, 2.24) is 14.9 Å². The van der Waals surface area contributed by atoms with E-state index in [1.54, 1.807) is 6.92 Å². The molecule has 0 aromatic rings. The van der Waals surface area contributed by atoms with Crippen molar-refractivity contribution in [3.05, 3.63) is 0 Å². The third-order valence-electron chi connectivity index (χ3n) is 3.25. The largest absolute Gasteiger partial charge is 0.481 e. The van der Waals surface area contributed by atoms with Crippen LogP contribution in [-0.4, -0.2) is 62.9 Å². The number of likely N-dealkylation sites (tertiary alicyclic amines) is 1. The SMILES string of the molecule is CNS(=O)(=O)CCNC(=O)N1CC(C(C)C(=O)O)C1. The van der Waals surface area contributed by atoms with E-state index in [0.717, 1.165) is 0 Å². The van der Waals surface area contributed by atoms with E-state index in [1.165, 1.54) is 11.9 Å². The molecule has 8 nitrogen and oxygen atoms in total. The van der Waals surface area contributed by atoms with Crippen molar-refractivity contribution in [3.63, 3.8) is 0 Å². The molecule has 9 heteroatoms. The maximum atomic E-state index is 11.6. The lowest BCUT2D eigenvalue weighted by atomic mass is 9.87. The Labute approximate surface area is 112 Å². The van der Waals surface area contributed by atoms with Gasteiger partial charge in [0.05, 0.1) is 11.7 Å². The normalized spacial score (nSPS) is 17.7. The van der Waals surface area contributed by atoms with Crippen LogP contribution in [0.5, 0.6) is 0 Å². The summed E-state index contributed by atoms with van der Waals surface area (Å²) in [6.07, 6.45) is 0. The highest BCUT2D eigenvalue weighted by Gasteiger charge is 2.37. The molecule has 0 aliphatic carbocycles. The van der Waals surface area contributed by atoms with Gasteiger partial charge in [-0.05, 0) is 7.05 Å². The van der Waals surface area contributed by atoms with Crippen molar-refractivity contribution in [3.8, 4) is 0 Å². The number of urea groups is 1. The Morgan fingerprint density at radius 1 is 1.42 bits per heavy atom. The zero-order chi connectivity index (χ0) is 14.6. The van der Waals surface area contributed by atoms with Gasteiger partial charge in [0.1, 0.15) is 0 Å². The second kappa shape index (κ2) is 6.20. The van der Waals surface area contributed by atoms with Gasteiger partial charge in [-0.15, -0.1) is 0 Å². The van der Waals surface area contributed by atoms with Crippen molar-refractivity contribution in [2.75, 3.05) is 32.4 Å². The smallest absolute Gasteiger partial charge is 0.317 e. The van der Waals surface area contributed by atoms with E-state index < -0.39 is 21.9 Å². The molecule has 1 saturated heterocycles. The summed E-state index contributed by atoms with van der Waals surface area (Å²) in [5, 5.41) is 11.3. The molecular formula is C10H19N3O5S. The minimum atomic E-state index is -3.33. The van der Waals surface area contributed by atoms with Crippen LogP contribution in [0.1, 0.15) is 6.92 Å². The molecule has 0 aromatic heterocycles. The third-order valence-corrected chi connectivity index (χ3v) is 4.62. The van der Waals surface area contributed by atoms with Crippen LogP contribution in [0.25, 0.3) is 0 Å². The van der Waals surface area contributed by atoms with E-state index in [2.05, 4.69) is 10.0 Å². The fourth-order valence-corrected chi connectivity index (χ4v) is 2.28. The first kappa shape index (κ1) is 15.7. The van der Waals surface area contributed by atoms with Gasteiger partial charge < -0.3 is 15.3 Å². The van der Waals surface area contributed by atoms with Crippen LogP contribution in [0.4, 0.5) is 4.79 Å². The molecule has 3 N–H and O–H groups in total. The number of hydrogen-bond donors (Lipinski definition) is 3. The van der Waals surface area contributed by atoms with Crippen LogP contribution in [0.15, 0.2) is 0 Å². The van der Waals surface area contributed by atoms with E-state index >= 15 is 0 Å². The van der Waals surface area contributed by atoms with E-state index in [4.69, 9.17) is 5.11 Å². The topological polar surface area (TPSA) is 116 Å². The first-order valence-electron chi connectivity index (χ1n) is 5.93. The van der Waals surface area contributed by atoms with Crippen LogP contribution >= 0.6 is 0 Å². The van der Waals surface area contributed by atoms with Gasteiger partial charge in [-0.1, -0.05) is 6.92 Å². The molecule has 1 heterocycles. The number of amides is 2. The number of nitrogens with zero attached hydrogens (tertiary/aromatic N) is 1. The zero-order valence-electron chi connectivity index (χ0n) is 10.9. The predicted octanol–water partition coefficient (Wildman–Crippen LogP) is -1.10. The Morgan fingerprint density at radius 3 is 2.47 bits per heavy atom. The van der Waals surface area contributed by atoms with Gasteiger partial charge in [-0.2, -0.15) is 0 Å². The van der Waals surface area contributed by atoms with Gasteiger partial charge in [0, 0.05) is 25.6 Å². The number of nitrogens with one attached hydrogen (secondary N) is 2. The molecule has 1 atom stereocenters. The first-order valence-corrected chi connectivity index (χ1v) is 7.59. The monoisotopic (exact) mass is 293 g/mol. The minimum Gasteiger partial charge on any atom is -0.481 e. The summed E-state index contributed by atoms with van der Waals surface area (Å²) in [4.78, 5) is 23.8. The molecule has 0 bridgehead atoms. The quantitative estimate of drug-likeness (QED) is 0.575. The van der Waals surface area contributed by atoms with Crippen molar-refractivity contribution >= 4 is 22.0 Å². The van der Waals surface area contributed by atoms with Crippen molar-refractivity contribution < 1.29 is 23.1 Å². The Hall–Kier alpha value is -1.35. The highest BCUT2D eigenvalue weighted by atomic mass is 32.2. The highest BCUT2D eigenvalue weighted by Crippen LogP contribution is 2.23. The van der Waals surface area contributed by atoms with E-state index in [-0.39, 0.29) is 24.2 Å². The summed E-state index contributed by atoms with van der Waals surface area (Å²) >= 11 is 0. The number of aliphatic carboxylic acids is 1. The van der Waals surface area contributed by atoms with Crippen molar-refractivity contribution in [2.45, 2.75) is 6.92 Å². The lowest BCUT2D eigenvalue weighted by molar-refractivity contribution is -0.144. The number of carbonyl (C=O) groups is 2. The van der Waals surface area contributed by atoms with Crippen molar-refractivity contribution in [2.24, 2.45) is 11.8 Å². The summed E-state index contributed by atoms with van der Waals surface area (Å²) in [6.45, 7) is 2.41. The van der Waals surface area contributed by atoms with E-state index in [1.807, 2.05) is 0 Å². The third kappa shape index (κ3) is 4.35. The Morgan fingerprint density at radius 2 is 2.00 bits per heavy atom. The van der Waals surface area contributed by atoms with Gasteiger partial charge in [-0.25, -0.2) is 17.9 Å². The number of carboxylic acid groups (broad SMARTS) is 1. The average Bonchev–Trinajstić information content (AvgIpc) is 2.26. The predicted molar refractivity (Wildman–Crippen MR) is 68.1 cm³/mol. The molecule has 0 spiro atoms. The molecule has 0 saturated carbocycles. The summed E-state index contributed by atoms with van der Waals surface area (Å²) in [5.41, 5.74) is 0. The molecule has 0 radical (unpaired) electrons. The molecule has 1 fully saturated rings. The second-order valence-electron chi connectivity index (χ2n) is 4.55. The lowest BCUT2D eigenvalue weighted by Crippen LogP contribution is -2.56. The van der Waals surface area contributed by atoms with Gasteiger partial charge in [0.2, 0.25) is 10.0 Å². The van der Waals surface area contributed by atoms with Crippen LogP contribution in [0.2, 0.25) is 0 Å². The minimum absolute atomic E-state index is 0.0255. The molecule has 110 valence electrons. The van der Waals surface area contributed by atoms with Crippen LogP contribution in [0, 0.1) is 11.8 Å². The summed E-state index contributed by atoms with van der Waals surface area (Å²) in [7, 11) is -2.02. The molecule has 1 aliphatic heterocycles. The molecule has 1 rings (SSSR count). The van der Waals surface area contributed by atoms with Gasteiger partial charge in [0.15, 0.2) is 0 Å². The molecule has 0 aromatic carbocycles. The summed E-state index contributed by atoms with van der Waals surface area (Å²) < 4.78 is 24.4. The standard InChI is InChI=1S/C10H19N3O5S/c1-7(9(14)15)8-5-13(6-8)10(16)12-3-4-19(17,18)11-2/h7-8,11H,3-6H2,1-2H3,(H,12,16)(H,14,15). The summed E-state index contributed by atoms with van der Waals surface area (Å²) in [5.74, 6) is -1.57. The number of hydrogen-bond acceptors (Lipinski definition) is 4. The highest BCUT2D eigenvalue weighted by molar-refractivity contribution is 7.89. The first-order chi connectivity index (χ1) is 8.76. The zero-order valence-corrected chi connectivity index (χ0v) is 11.7. The molecular weight excluding hydrogens is 274 g/mol. The van der Waals surface area contributed by atoms with Crippen LogP contribution in [0.3, 0.4) is 0 Å². The van der Waals surface area contributed by atoms with E-state index in [0.29, 0.717) is 13.1 Å². The van der Waals surface area contributed by atoms with Gasteiger partial charge in [-0.3, -0.25) is 4.79 Å². The molecule has 1 aliphatic rings. The van der Waals surface area contributed by atoms with Crippen LogP contribution in [-0.2, 0) is 14.8 Å². The number of rotatable bonds is 6. The second-order valence-corrected chi connectivity index (χ2v) is 6.59. The Balaban J connectivity index is 2.26. The van der Waals surface area contributed by atoms with Gasteiger partial charge >= 0.3 is 12.0 Å². The fraction of sp³-hybridized carbons (Fsp3) is 0.800. The maximum Gasteiger partial charge on any atom is 0.317 e. The Bertz CT molecular complexity index is 444. The lowest BCUT2D eigenvalue weighted by Gasteiger charge is -2.41. The molecule has 2 amide bonds. The number of carboxylic acids is 1. The number of carbonyl (C=O) groups excluding carboxylic acids is 1. The number of sulfonamides is 1. The Kier molecular flexibility index (Phi) is 5.12. The van der Waals surface area contributed by atoms with Crippen molar-refractivity contribution in [1.29, 1.82) is 0 Å². The maximum absolute atomic E-state index is 11.6. The van der Waals surface area contributed by atoms with Crippen LogP contribution < -0.4 is 10.0 Å².